The molecule has 0 radical (unpaired) electrons. The predicted octanol–water partition coefficient (Wildman–Crippen LogP) is 4.28. The van der Waals surface area contributed by atoms with Crippen LogP contribution in [0, 0.1) is 0 Å². The summed E-state index contributed by atoms with van der Waals surface area (Å²) in [5, 5.41) is 9.44. The Balaban J connectivity index is 1.85. The molecule has 0 spiro atoms. The Morgan fingerprint density at radius 3 is 2.49 bits per heavy atom. The number of hydrogen-bond donors (Lipinski definition) is 1. The number of aromatic nitrogens is 2. The minimum Gasteiger partial charge on any atom is -0.496 e. The third-order valence-corrected chi connectivity index (χ3v) is 5.99. The van der Waals surface area contributed by atoms with Crippen LogP contribution in [0.25, 0.3) is 16.5 Å². The highest BCUT2D eigenvalue weighted by atomic mass is 32.1. The number of carbonyl (C=O) groups excluding carboxylic acids is 2. The SMILES string of the molecule is CCOC(=O)c1nn(-c2ccc(OCC)cc2)c(=O)c2c(NC(=O)c3ccccc3OC)scc12. The summed E-state index contributed by atoms with van der Waals surface area (Å²) < 4.78 is 17.0. The highest BCUT2D eigenvalue weighted by Crippen LogP contribution is 2.32. The molecule has 0 saturated heterocycles. The second-order valence-corrected chi connectivity index (χ2v) is 8.10. The topological polar surface area (TPSA) is 109 Å². The Hall–Kier alpha value is -4.18. The maximum atomic E-state index is 13.5. The fraction of sp³-hybridized carbons (Fsp3) is 0.200. The molecule has 2 heterocycles. The van der Waals surface area contributed by atoms with Crippen molar-refractivity contribution in [3.63, 3.8) is 0 Å². The number of para-hydroxylation sites is 1. The van der Waals surface area contributed by atoms with E-state index >= 15 is 0 Å². The van der Waals surface area contributed by atoms with Crippen LogP contribution in [-0.2, 0) is 4.74 Å². The van der Waals surface area contributed by atoms with Crippen LogP contribution in [-0.4, -0.2) is 42.0 Å². The first-order valence-corrected chi connectivity index (χ1v) is 11.8. The Kier molecular flexibility index (Phi) is 7.11. The molecule has 2 aromatic heterocycles. The average molecular weight is 494 g/mol. The molecule has 0 aliphatic carbocycles. The third kappa shape index (κ3) is 4.73. The minimum atomic E-state index is -0.669. The van der Waals surface area contributed by atoms with Gasteiger partial charge in [-0.3, -0.25) is 9.59 Å². The number of ether oxygens (including phenoxy) is 3. The van der Waals surface area contributed by atoms with Crippen molar-refractivity contribution in [3.8, 4) is 17.2 Å². The number of amides is 1. The lowest BCUT2D eigenvalue weighted by atomic mass is 10.2. The highest BCUT2D eigenvalue weighted by Gasteiger charge is 2.24. The van der Waals surface area contributed by atoms with Crippen LogP contribution in [0.4, 0.5) is 5.00 Å². The predicted molar refractivity (Wildman–Crippen MR) is 133 cm³/mol. The largest absolute Gasteiger partial charge is 0.496 e. The molecule has 180 valence electrons. The molecule has 2 aromatic carbocycles. The van der Waals surface area contributed by atoms with Gasteiger partial charge in [0.25, 0.3) is 11.5 Å². The lowest BCUT2D eigenvalue weighted by molar-refractivity contribution is 0.0520. The van der Waals surface area contributed by atoms with Gasteiger partial charge in [0.1, 0.15) is 16.5 Å². The zero-order valence-corrected chi connectivity index (χ0v) is 20.2. The maximum absolute atomic E-state index is 13.5. The minimum absolute atomic E-state index is 0.0237. The van der Waals surface area contributed by atoms with Gasteiger partial charge in [0.05, 0.1) is 37.0 Å². The van der Waals surface area contributed by atoms with Crippen molar-refractivity contribution in [2.24, 2.45) is 0 Å². The Bertz CT molecular complexity index is 1440. The van der Waals surface area contributed by atoms with Crippen LogP contribution in [0.5, 0.6) is 11.5 Å². The number of rotatable bonds is 8. The fourth-order valence-corrected chi connectivity index (χ4v) is 4.45. The number of methoxy groups -OCH3 is 1. The number of hydrogen-bond acceptors (Lipinski definition) is 8. The van der Waals surface area contributed by atoms with Crippen molar-refractivity contribution < 1.29 is 23.8 Å². The Morgan fingerprint density at radius 2 is 1.80 bits per heavy atom. The molecule has 1 N–H and O–H groups in total. The van der Waals surface area contributed by atoms with E-state index in [-0.39, 0.29) is 22.7 Å². The molecule has 0 unspecified atom stereocenters. The van der Waals surface area contributed by atoms with Gasteiger partial charge in [0, 0.05) is 10.8 Å². The molecule has 0 bridgehead atoms. The number of nitrogens with one attached hydrogen (secondary N) is 1. The molecule has 4 aromatic rings. The number of benzene rings is 2. The summed E-state index contributed by atoms with van der Waals surface area (Å²) in [6.07, 6.45) is 0. The summed E-state index contributed by atoms with van der Waals surface area (Å²) in [4.78, 5) is 39.3. The van der Waals surface area contributed by atoms with Crippen LogP contribution >= 0.6 is 11.3 Å². The van der Waals surface area contributed by atoms with E-state index in [2.05, 4.69) is 10.4 Å². The maximum Gasteiger partial charge on any atom is 0.359 e. The zero-order valence-electron chi connectivity index (χ0n) is 19.4. The molecular formula is C25H23N3O6S. The smallest absolute Gasteiger partial charge is 0.359 e. The Labute approximate surface area is 204 Å². The molecule has 0 fully saturated rings. The van der Waals surface area contributed by atoms with Gasteiger partial charge in [-0.05, 0) is 50.2 Å². The summed E-state index contributed by atoms with van der Waals surface area (Å²) in [5.41, 5.74) is 0.223. The van der Waals surface area contributed by atoms with Gasteiger partial charge in [-0.2, -0.15) is 9.78 Å². The molecule has 0 atom stereocenters. The molecule has 0 aliphatic rings. The van der Waals surface area contributed by atoms with Gasteiger partial charge in [0.2, 0.25) is 0 Å². The van der Waals surface area contributed by atoms with Crippen molar-refractivity contribution >= 4 is 39.0 Å². The van der Waals surface area contributed by atoms with Crippen molar-refractivity contribution in [1.82, 2.24) is 9.78 Å². The monoisotopic (exact) mass is 493 g/mol. The molecule has 1 amide bonds. The van der Waals surface area contributed by atoms with Gasteiger partial charge in [-0.1, -0.05) is 12.1 Å². The molecule has 0 saturated carbocycles. The molecular weight excluding hydrogens is 470 g/mol. The van der Waals surface area contributed by atoms with E-state index < -0.39 is 17.4 Å². The van der Waals surface area contributed by atoms with E-state index in [1.54, 1.807) is 60.8 Å². The Morgan fingerprint density at radius 1 is 1.06 bits per heavy atom. The van der Waals surface area contributed by atoms with Crippen molar-refractivity contribution in [2.45, 2.75) is 13.8 Å². The first-order chi connectivity index (χ1) is 17.0. The number of nitrogens with zero attached hydrogens (tertiary/aromatic N) is 2. The third-order valence-electron chi connectivity index (χ3n) is 5.09. The van der Waals surface area contributed by atoms with Crippen LogP contribution in [0.2, 0.25) is 0 Å². The average Bonchev–Trinajstić information content (AvgIpc) is 3.29. The summed E-state index contributed by atoms with van der Waals surface area (Å²) in [6, 6.07) is 13.5. The van der Waals surface area contributed by atoms with E-state index in [4.69, 9.17) is 14.2 Å². The second-order valence-electron chi connectivity index (χ2n) is 7.22. The molecule has 9 nitrogen and oxygen atoms in total. The second kappa shape index (κ2) is 10.4. The van der Waals surface area contributed by atoms with Crippen LogP contribution < -0.4 is 20.3 Å². The van der Waals surface area contributed by atoms with Crippen molar-refractivity contribution in [2.75, 3.05) is 25.6 Å². The lowest BCUT2D eigenvalue weighted by Crippen LogP contribution is -2.25. The summed E-state index contributed by atoms with van der Waals surface area (Å²) in [7, 11) is 1.47. The van der Waals surface area contributed by atoms with Crippen LogP contribution in [0.15, 0.2) is 58.7 Å². The molecule has 35 heavy (non-hydrogen) atoms. The fourth-order valence-electron chi connectivity index (χ4n) is 3.52. The van der Waals surface area contributed by atoms with E-state index in [0.29, 0.717) is 34.7 Å². The van der Waals surface area contributed by atoms with E-state index in [9.17, 15) is 14.4 Å². The number of thiophene rings is 1. The van der Waals surface area contributed by atoms with E-state index in [0.717, 1.165) is 16.0 Å². The number of carbonyl (C=O) groups is 2. The molecule has 4 rings (SSSR count). The van der Waals surface area contributed by atoms with E-state index in [1.807, 2.05) is 6.92 Å². The van der Waals surface area contributed by atoms with Gasteiger partial charge in [-0.15, -0.1) is 11.3 Å². The quantitative estimate of drug-likeness (QED) is 0.365. The van der Waals surface area contributed by atoms with Gasteiger partial charge >= 0.3 is 5.97 Å². The van der Waals surface area contributed by atoms with Gasteiger partial charge in [0.15, 0.2) is 5.69 Å². The zero-order chi connectivity index (χ0) is 24.9. The summed E-state index contributed by atoms with van der Waals surface area (Å²) in [6.45, 7) is 4.20. The first-order valence-electron chi connectivity index (χ1n) is 10.9. The summed E-state index contributed by atoms with van der Waals surface area (Å²) >= 11 is 1.12. The molecule has 10 heteroatoms. The standard InChI is InChI=1S/C25H23N3O6S/c1-4-33-16-12-10-15(11-13-16)28-24(30)20-18(21(27-28)25(31)34-5-2)14-35-23(20)26-22(29)17-8-6-7-9-19(17)32-3/h6-14H,4-5H2,1-3H3,(H,26,29). The number of esters is 1. The van der Waals surface area contributed by atoms with Gasteiger partial charge in [-0.25, -0.2) is 4.79 Å². The van der Waals surface area contributed by atoms with Crippen molar-refractivity contribution in [1.29, 1.82) is 0 Å². The van der Waals surface area contributed by atoms with E-state index in [1.165, 1.54) is 7.11 Å². The number of fused-ring (bicyclic) bond motifs is 1. The molecule has 0 aliphatic heterocycles. The number of anilines is 1. The first kappa shape index (κ1) is 24.0. The highest BCUT2D eigenvalue weighted by molar-refractivity contribution is 7.16. The van der Waals surface area contributed by atoms with Crippen LogP contribution in [0.3, 0.4) is 0 Å². The normalized spacial score (nSPS) is 10.7. The van der Waals surface area contributed by atoms with Crippen molar-refractivity contribution in [3.05, 3.63) is 75.5 Å². The van der Waals surface area contributed by atoms with Crippen LogP contribution in [0.1, 0.15) is 34.7 Å². The van der Waals surface area contributed by atoms with Gasteiger partial charge < -0.3 is 19.5 Å². The lowest BCUT2D eigenvalue weighted by Gasteiger charge is -2.11. The summed E-state index contributed by atoms with van der Waals surface area (Å²) in [5.74, 6) is -0.0897.